The lowest BCUT2D eigenvalue weighted by Crippen LogP contribution is -1.97. The van der Waals surface area contributed by atoms with Gasteiger partial charge in [-0.1, -0.05) is 11.8 Å². The van der Waals surface area contributed by atoms with E-state index in [1.54, 1.807) is 11.8 Å². The highest BCUT2D eigenvalue weighted by Crippen LogP contribution is 2.19. The van der Waals surface area contributed by atoms with E-state index < -0.39 is 0 Å². The Morgan fingerprint density at radius 2 is 2.22 bits per heavy atom. The van der Waals surface area contributed by atoms with Gasteiger partial charge < -0.3 is 4.74 Å². The van der Waals surface area contributed by atoms with Crippen molar-refractivity contribution >= 4 is 11.8 Å². The Morgan fingerprint density at radius 1 is 1.33 bits per heavy atom. The lowest BCUT2D eigenvalue weighted by molar-refractivity contribution is 0.230. The Balaban J connectivity index is 2.20. The number of hydrogen-bond acceptors (Lipinski definition) is 2. The van der Waals surface area contributed by atoms with Crippen LogP contribution in [-0.2, 0) is 4.74 Å². The first-order chi connectivity index (χ1) is 4.39. The van der Waals surface area contributed by atoms with Gasteiger partial charge in [-0.3, -0.25) is 0 Å². The molecule has 1 nitrogen and oxygen atoms in total. The molecule has 0 aliphatic carbocycles. The van der Waals surface area contributed by atoms with Crippen molar-refractivity contribution in [2.45, 2.75) is 19.3 Å². The summed E-state index contributed by atoms with van der Waals surface area (Å²) in [5, 5.41) is 0.898. The minimum absolute atomic E-state index is 0.867. The minimum atomic E-state index is 0.867. The first kappa shape index (κ1) is 7.00. The van der Waals surface area contributed by atoms with E-state index in [4.69, 9.17) is 4.74 Å². The zero-order valence-corrected chi connectivity index (χ0v) is 6.38. The molecule has 0 aromatic heterocycles. The molecule has 1 aliphatic heterocycles. The first-order valence-electron chi connectivity index (χ1n) is 3.34. The summed E-state index contributed by atoms with van der Waals surface area (Å²) in [7, 11) is 0. The largest absolute Gasteiger partial charge is 0.488 e. The second-order valence-electron chi connectivity index (χ2n) is 2.13. The molecule has 0 radical (unpaired) electrons. The second kappa shape index (κ2) is 3.83. The Labute approximate surface area is 60.5 Å². The van der Waals surface area contributed by atoms with Gasteiger partial charge in [-0.15, -0.1) is 0 Å². The van der Waals surface area contributed by atoms with Crippen molar-refractivity contribution in [1.82, 2.24) is 0 Å². The van der Waals surface area contributed by atoms with Crippen molar-refractivity contribution in [1.29, 1.82) is 0 Å². The van der Waals surface area contributed by atoms with Gasteiger partial charge >= 0.3 is 0 Å². The minimum Gasteiger partial charge on any atom is -0.488 e. The van der Waals surface area contributed by atoms with Crippen LogP contribution in [0, 0.1) is 0 Å². The quantitative estimate of drug-likeness (QED) is 0.516. The molecular weight excluding hydrogens is 132 g/mol. The van der Waals surface area contributed by atoms with Crippen LogP contribution >= 0.6 is 11.8 Å². The molecule has 0 N–H and O–H groups in total. The molecule has 0 bridgehead atoms. The molecule has 0 aromatic rings. The smallest absolute Gasteiger partial charge is 0.146 e. The van der Waals surface area contributed by atoms with Crippen LogP contribution in [0.25, 0.3) is 0 Å². The Bertz CT molecular complexity index is 91.1. The highest BCUT2D eigenvalue weighted by atomic mass is 32.2. The third kappa shape index (κ3) is 2.80. The van der Waals surface area contributed by atoms with E-state index >= 15 is 0 Å². The molecule has 1 aliphatic rings. The van der Waals surface area contributed by atoms with Crippen molar-refractivity contribution in [3.8, 4) is 0 Å². The summed E-state index contributed by atoms with van der Waals surface area (Å²) in [4.78, 5) is 0. The average molecular weight is 144 g/mol. The molecule has 1 saturated heterocycles. The van der Waals surface area contributed by atoms with Gasteiger partial charge in [-0.05, 0) is 25.8 Å². The lowest BCUT2D eigenvalue weighted by atomic mass is 10.3. The maximum absolute atomic E-state index is 5.25. The number of ether oxygens (including phenoxy) is 1. The molecule has 2 heteroatoms. The second-order valence-corrected chi connectivity index (χ2v) is 3.28. The molecular formula is C7H12OS. The van der Waals surface area contributed by atoms with Crippen molar-refractivity contribution < 1.29 is 4.74 Å². The van der Waals surface area contributed by atoms with Crippen LogP contribution in [0.5, 0.6) is 0 Å². The Kier molecular flexibility index (Phi) is 2.98. The summed E-state index contributed by atoms with van der Waals surface area (Å²) in [6.07, 6.45) is 3.81. The molecule has 0 unspecified atom stereocenters. The zero-order chi connectivity index (χ0) is 6.53. The molecule has 0 saturated carbocycles. The van der Waals surface area contributed by atoms with Gasteiger partial charge in [0.2, 0.25) is 0 Å². The summed E-state index contributed by atoms with van der Waals surface area (Å²) in [5.74, 6) is 1.18. The van der Waals surface area contributed by atoms with Gasteiger partial charge in [0.05, 0.1) is 6.61 Å². The van der Waals surface area contributed by atoms with E-state index in [1.807, 2.05) is 0 Å². The Hall–Kier alpha value is -0.110. The summed E-state index contributed by atoms with van der Waals surface area (Å²) in [6, 6.07) is 0. The predicted molar refractivity (Wildman–Crippen MR) is 41.4 cm³/mol. The summed E-state index contributed by atoms with van der Waals surface area (Å²) in [6.45, 7) is 4.62. The fourth-order valence-electron chi connectivity index (χ4n) is 0.795. The molecule has 1 heterocycles. The maximum Gasteiger partial charge on any atom is 0.146 e. The highest BCUT2D eigenvalue weighted by Gasteiger charge is 2.00. The topological polar surface area (TPSA) is 9.23 Å². The first-order valence-corrected chi connectivity index (χ1v) is 4.32. The van der Waals surface area contributed by atoms with Gasteiger partial charge in [0.25, 0.3) is 0 Å². The van der Waals surface area contributed by atoms with Crippen LogP contribution < -0.4 is 0 Å². The monoisotopic (exact) mass is 144 g/mol. The molecule has 0 spiro atoms. The lowest BCUT2D eigenvalue weighted by Gasteiger charge is -2.11. The normalized spacial score (nSPS) is 22.0. The van der Waals surface area contributed by atoms with E-state index in [1.165, 1.54) is 25.0 Å². The SMILES string of the molecule is C=C1OCCCCCS1. The summed E-state index contributed by atoms with van der Waals surface area (Å²) < 4.78 is 5.25. The average Bonchev–Trinajstić information content (AvgIpc) is 1.79. The highest BCUT2D eigenvalue weighted by molar-refractivity contribution is 8.02. The van der Waals surface area contributed by atoms with Gasteiger partial charge in [0, 0.05) is 5.75 Å². The molecule has 1 fully saturated rings. The molecule has 1 rings (SSSR count). The molecule has 0 atom stereocenters. The van der Waals surface area contributed by atoms with Crippen LogP contribution in [0.15, 0.2) is 11.7 Å². The van der Waals surface area contributed by atoms with Crippen LogP contribution in [0.4, 0.5) is 0 Å². The zero-order valence-electron chi connectivity index (χ0n) is 5.56. The third-order valence-corrected chi connectivity index (χ3v) is 2.25. The van der Waals surface area contributed by atoms with Gasteiger partial charge in [-0.25, -0.2) is 0 Å². The fourth-order valence-corrected chi connectivity index (χ4v) is 1.54. The standard InChI is InChI=1S/C7H12OS/c1-7-8-5-3-2-4-6-9-7/h1-6H2. The molecule has 9 heavy (non-hydrogen) atoms. The van der Waals surface area contributed by atoms with Crippen molar-refractivity contribution in [2.75, 3.05) is 12.4 Å². The molecule has 0 amide bonds. The van der Waals surface area contributed by atoms with E-state index in [0.717, 1.165) is 11.7 Å². The number of rotatable bonds is 0. The summed E-state index contributed by atoms with van der Waals surface area (Å²) >= 11 is 1.74. The summed E-state index contributed by atoms with van der Waals surface area (Å²) in [5.41, 5.74) is 0. The van der Waals surface area contributed by atoms with Crippen molar-refractivity contribution in [2.24, 2.45) is 0 Å². The van der Waals surface area contributed by atoms with Crippen LogP contribution in [-0.4, -0.2) is 12.4 Å². The van der Waals surface area contributed by atoms with E-state index in [0.29, 0.717) is 0 Å². The Morgan fingerprint density at radius 3 is 3.11 bits per heavy atom. The van der Waals surface area contributed by atoms with Gasteiger partial charge in [0.15, 0.2) is 0 Å². The van der Waals surface area contributed by atoms with E-state index in [2.05, 4.69) is 6.58 Å². The van der Waals surface area contributed by atoms with Gasteiger partial charge in [0.1, 0.15) is 5.09 Å². The van der Waals surface area contributed by atoms with E-state index in [9.17, 15) is 0 Å². The van der Waals surface area contributed by atoms with E-state index in [-0.39, 0.29) is 0 Å². The third-order valence-electron chi connectivity index (χ3n) is 1.31. The van der Waals surface area contributed by atoms with Crippen molar-refractivity contribution in [3.05, 3.63) is 11.7 Å². The predicted octanol–water partition coefficient (Wildman–Crippen LogP) is 2.39. The van der Waals surface area contributed by atoms with Crippen LogP contribution in [0.1, 0.15) is 19.3 Å². The van der Waals surface area contributed by atoms with Gasteiger partial charge in [-0.2, -0.15) is 0 Å². The fraction of sp³-hybridized carbons (Fsp3) is 0.714. The van der Waals surface area contributed by atoms with Crippen molar-refractivity contribution in [3.63, 3.8) is 0 Å². The molecule has 0 aromatic carbocycles. The molecule has 52 valence electrons. The van der Waals surface area contributed by atoms with Crippen LogP contribution in [0.3, 0.4) is 0 Å². The number of hydrogen-bond donors (Lipinski definition) is 0. The maximum atomic E-state index is 5.25. The number of thioether (sulfide) groups is 1. The van der Waals surface area contributed by atoms with Crippen LogP contribution in [0.2, 0.25) is 0 Å².